The summed E-state index contributed by atoms with van der Waals surface area (Å²) in [7, 11) is 0. The van der Waals surface area contributed by atoms with E-state index in [1.807, 2.05) is 6.92 Å². The highest BCUT2D eigenvalue weighted by Gasteiger charge is 2.26. The van der Waals surface area contributed by atoms with E-state index in [-0.39, 0.29) is 0 Å². The molecule has 0 aliphatic carbocycles. The first-order chi connectivity index (χ1) is 16.8. The molecule has 7 nitrogen and oxygen atoms in total. The van der Waals surface area contributed by atoms with Crippen LogP contribution in [0.5, 0.6) is 0 Å². The third-order valence-corrected chi connectivity index (χ3v) is 7.57. The molecule has 178 valence electrons. The minimum absolute atomic E-state index is 0.577. The van der Waals surface area contributed by atoms with Crippen LogP contribution in [-0.2, 0) is 11.3 Å². The highest BCUT2D eigenvalue weighted by atomic mass is 16.5. The minimum atomic E-state index is 0.577. The predicted molar refractivity (Wildman–Crippen MR) is 137 cm³/mol. The van der Waals surface area contributed by atoms with Gasteiger partial charge < -0.3 is 19.5 Å². The lowest BCUT2D eigenvalue weighted by Crippen LogP contribution is -2.46. The van der Waals surface area contributed by atoms with Gasteiger partial charge in [0.15, 0.2) is 5.82 Å². The molecule has 2 fully saturated rings. The summed E-state index contributed by atoms with van der Waals surface area (Å²) in [6, 6.07) is 13.6. The Hall–Kier alpha value is -2.90. The number of hydrogen-bond donors (Lipinski definition) is 2. The average molecular weight is 459 g/mol. The number of rotatable bonds is 6. The van der Waals surface area contributed by atoms with Crippen molar-refractivity contribution in [3.63, 3.8) is 0 Å². The highest BCUT2D eigenvalue weighted by molar-refractivity contribution is 5.95. The van der Waals surface area contributed by atoms with Crippen molar-refractivity contribution in [2.75, 3.05) is 37.7 Å². The first-order valence-corrected chi connectivity index (χ1v) is 12.8. The number of aromatic nitrogens is 4. The molecule has 0 saturated carbocycles. The largest absolute Gasteiger partial charge is 0.377 e. The van der Waals surface area contributed by atoms with Crippen molar-refractivity contribution in [1.82, 2.24) is 25.1 Å². The number of para-hydroxylation sites is 1. The van der Waals surface area contributed by atoms with Gasteiger partial charge in [0.25, 0.3) is 0 Å². The van der Waals surface area contributed by atoms with E-state index in [1.165, 1.54) is 50.9 Å². The van der Waals surface area contributed by atoms with E-state index < -0.39 is 0 Å². The number of aromatic amines is 2. The third kappa shape index (κ3) is 4.07. The molecular weight excluding hydrogens is 424 g/mol. The van der Waals surface area contributed by atoms with Crippen molar-refractivity contribution < 1.29 is 4.74 Å². The topological polar surface area (TPSA) is 73.1 Å². The van der Waals surface area contributed by atoms with Gasteiger partial charge in [0.2, 0.25) is 0 Å². The van der Waals surface area contributed by atoms with Crippen molar-refractivity contribution in [2.24, 2.45) is 0 Å². The van der Waals surface area contributed by atoms with Crippen LogP contribution >= 0.6 is 0 Å². The molecule has 2 saturated heterocycles. The quantitative estimate of drug-likeness (QED) is 0.421. The molecular formula is C27H34N6O. The summed E-state index contributed by atoms with van der Waals surface area (Å²) in [6.45, 7) is 8.12. The van der Waals surface area contributed by atoms with Gasteiger partial charge >= 0.3 is 0 Å². The summed E-state index contributed by atoms with van der Waals surface area (Å²) in [6.07, 6.45) is 6.67. The number of likely N-dealkylation sites (tertiary alicyclic amines) is 1. The Bertz CT molecular complexity index is 1260. The Labute approximate surface area is 200 Å². The van der Waals surface area contributed by atoms with E-state index in [2.05, 4.69) is 61.4 Å². The number of fused-ring (bicyclic) bond motifs is 2. The van der Waals surface area contributed by atoms with Gasteiger partial charge in [-0.2, -0.15) is 5.10 Å². The van der Waals surface area contributed by atoms with Crippen LogP contribution in [0.4, 0.5) is 5.69 Å². The molecule has 2 N–H and O–H groups in total. The molecule has 2 aliphatic rings. The number of nitrogens with one attached hydrogen (secondary N) is 2. The summed E-state index contributed by atoms with van der Waals surface area (Å²) in [5.41, 5.74) is 6.31. The number of anilines is 1. The van der Waals surface area contributed by atoms with Crippen molar-refractivity contribution in [3.8, 4) is 11.5 Å². The fourth-order valence-electron chi connectivity index (χ4n) is 5.69. The molecule has 2 aromatic heterocycles. The standard InChI is InChI=1S/C27H34N6O/c1-2-34-18-19-7-6-8-22-25(19)30-31-26(22)27-28-23-10-9-21(17-24(23)29-27)33-15-11-20(12-16-33)32-13-4-3-5-14-32/h6-10,17,20H,2-5,11-16,18H2,1H3,(H,28,29)(H,30,31). The van der Waals surface area contributed by atoms with Crippen LogP contribution in [-0.4, -0.2) is 63.9 Å². The van der Waals surface area contributed by atoms with Crippen molar-refractivity contribution >= 4 is 27.6 Å². The summed E-state index contributed by atoms with van der Waals surface area (Å²) in [5, 5.41) is 8.87. The first kappa shape index (κ1) is 21.6. The smallest absolute Gasteiger partial charge is 0.159 e. The first-order valence-electron chi connectivity index (χ1n) is 12.8. The van der Waals surface area contributed by atoms with Crippen LogP contribution in [0.2, 0.25) is 0 Å². The van der Waals surface area contributed by atoms with Crippen LogP contribution < -0.4 is 4.90 Å². The van der Waals surface area contributed by atoms with Gasteiger partial charge in [0.1, 0.15) is 5.69 Å². The molecule has 0 radical (unpaired) electrons. The molecule has 2 aliphatic heterocycles. The minimum Gasteiger partial charge on any atom is -0.377 e. The number of hydrogen-bond acceptors (Lipinski definition) is 5. The van der Waals surface area contributed by atoms with E-state index in [4.69, 9.17) is 9.72 Å². The lowest BCUT2D eigenvalue weighted by atomic mass is 9.99. The van der Waals surface area contributed by atoms with E-state index in [9.17, 15) is 0 Å². The molecule has 0 bridgehead atoms. The van der Waals surface area contributed by atoms with Crippen molar-refractivity contribution in [2.45, 2.75) is 51.7 Å². The highest BCUT2D eigenvalue weighted by Crippen LogP contribution is 2.31. The fourth-order valence-corrected chi connectivity index (χ4v) is 5.69. The maximum absolute atomic E-state index is 5.62. The second-order valence-electron chi connectivity index (χ2n) is 9.65. The maximum atomic E-state index is 5.62. The number of piperidine rings is 2. The zero-order valence-electron chi connectivity index (χ0n) is 20.0. The molecule has 0 atom stereocenters. The molecule has 4 aromatic rings. The lowest BCUT2D eigenvalue weighted by molar-refractivity contribution is 0.135. The summed E-state index contributed by atoms with van der Waals surface area (Å²) < 4.78 is 5.62. The van der Waals surface area contributed by atoms with Gasteiger partial charge in [-0.05, 0) is 63.9 Å². The van der Waals surface area contributed by atoms with E-state index >= 15 is 0 Å². The zero-order valence-corrected chi connectivity index (χ0v) is 20.0. The monoisotopic (exact) mass is 458 g/mol. The van der Waals surface area contributed by atoms with Crippen LogP contribution in [0, 0.1) is 0 Å². The number of ether oxygens (including phenoxy) is 1. The summed E-state index contributed by atoms with van der Waals surface area (Å²) in [5.74, 6) is 0.802. The van der Waals surface area contributed by atoms with Crippen molar-refractivity contribution in [3.05, 3.63) is 42.0 Å². The summed E-state index contributed by atoms with van der Waals surface area (Å²) >= 11 is 0. The average Bonchev–Trinajstić information content (AvgIpc) is 3.52. The van der Waals surface area contributed by atoms with Gasteiger partial charge in [-0.25, -0.2) is 4.98 Å². The Morgan fingerprint density at radius 1 is 1.03 bits per heavy atom. The van der Waals surface area contributed by atoms with Crippen LogP contribution in [0.15, 0.2) is 36.4 Å². The van der Waals surface area contributed by atoms with Crippen molar-refractivity contribution in [1.29, 1.82) is 0 Å². The fraction of sp³-hybridized carbons (Fsp3) is 0.481. The number of benzene rings is 2. The van der Waals surface area contributed by atoms with Crippen LogP contribution in [0.3, 0.4) is 0 Å². The Morgan fingerprint density at radius 2 is 1.88 bits per heavy atom. The molecule has 0 spiro atoms. The van der Waals surface area contributed by atoms with E-state index in [0.717, 1.165) is 58.1 Å². The third-order valence-electron chi connectivity index (χ3n) is 7.57. The second-order valence-corrected chi connectivity index (χ2v) is 9.65. The summed E-state index contributed by atoms with van der Waals surface area (Å²) in [4.78, 5) is 13.7. The lowest BCUT2D eigenvalue weighted by Gasteiger charge is -2.41. The maximum Gasteiger partial charge on any atom is 0.159 e. The van der Waals surface area contributed by atoms with Gasteiger partial charge in [-0.1, -0.05) is 24.6 Å². The Morgan fingerprint density at radius 3 is 2.71 bits per heavy atom. The zero-order chi connectivity index (χ0) is 22.9. The number of imidazole rings is 1. The molecule has 4 heterocycles. The van der Waals surface area contributed by atoms with Gasteiger partial charge in [0, 0.05) is 42.4 Å². The number of nitrogens with zero attached hydrogens (tertiary/aromatic N) is 4. The SMILES string of the molecule is CCOCc1cccc2c(-c3nc4ccc(N5CCC(N6CCCCC6)CC5)cc4[nH]3)n[nH]c12. The number of H-pyrrole nitrogens is 2. The Kier molecular flexibility index (Phi) is 5.97. The molecule has 6 rings (SSSR count). The van der Waals surface area contributed by atoms with Gasteiger partial charge in [-0.3, -0.25) is 5.10 Å². The molecule has 0 amide bonds. The molecule has 2 aromatic carbocycles. The van der Waals surface area contributed by atoms with Gasteiger partial charge in [0.05, 0.1) is 23.2 Å². The molecule has 7 heteroatoms. The predicted octanol–water partition coefficient (Wildman–Crippen LogP) is 5.10. The molecule has 0 unspecified atom stereocenters. The van der Waals surface area contributed by atoms with Crippen LogP contribution in [0.25, 0.3) is 33.5 Å². The van der Waals surface area contributed by atoms with E-state index in [1.54, 1.807) is 0 Å². The van der Waals surface area contributed by atoms with Crippen LogP contribution in [0.1, 0.15) is 44.6 Å². The molecule has 34 heavy (non-hydrogen) atoms. The van der Waals surface area contributed by atoms with E-state index in [0.29, 0.717) is 13.2 Å². The normalized spacial score (nSPS) is 18.3. The Balaban J connectivity index is 1.22. The second kappa shape index (κ2) is 9.39. The van der Waals surface area contributed by atoms with Gasteiger partial charge in [-0.15, -0.1) is 0 Å².